The van der Waals surface area contributed by atoms with Gasteiger partial charge in [0, 0.05) is 30.3 Å². The second kappa shape index (κ2) is 7.61. The Morgan fingerprint density at radius 2 is 1.89 bits per heavy atom. The fraction of sp³-hybridized carbons (Fsp3) is 0.316. The van der Waals surface area contributed by atoms with Gasteiger partial charge >= 0.3 is 0 Å². The number of amides is 1. The van der Waals surface area contributed by atoms with Gasteiger partial charge in [0.15, 0.2) is 6.61 Å². The zero-order valence-electron chi connectivity index (χ0n) is 15.3. The smallest absolute Gasteiger partial charge is 0.265 e. The Labute approximate surface area is 167 Å². The monoisotopic (exact) mass is 452 g/mol. The average molecular weight is 453 g/mol. The van der Waals surface area contributed by atoms with Gasteiger partial charge in [-0.3, -0.25) is 4.79 Å². The Morgan fingerprint density at radius 3 is 2.52 bits per heavy atom. The van der Waals surface area contributed by atoms with Gasteiger partial charge in [-0.15, -0.1) is 0 Å². The number of carbonyl (C=O) groups excluding carboxylic acids is 1. The molecule has 0 aromatic heterocycles. The Balaban J connectivity index is 1.68. The summed E-state index contributed by atoms with van der Waals surface area (Å²) in [5.41, 5.74) is 2.04. The summed E-state index contributed by atoms with van der Waals surface area (Å²) >= 11 is 3.46. The maximum Gasteiger partial charge on any atom is 0.265 e. The maximum absolute atomic E-state index is 12.7. The Bertz CT molecular complexity index is 958. The third-order valence-corrected chi connectivity index (χ3v) is 6.81. The standard InChI is InChI=1S/C19H21BrN2O4S/c1-13-10-14-11-15(20)4-9-18(14)22(13)19(23)12-26-16-5-7-17(8-6-16)27(24,25)21(2)3/h4-9,11,13H,10,12H2,1-3H3/t13-/m0/s1. The molecule has 0 radical (unpaired) electrons. The highest BCUT2D eigenvalue weighted by molar-refractivity contribution is 9.10. The van der Waals surface area contributed by atoms with Crippen LogP contribution in [0, 0.1) is 0 Å². The SMILES string of the molecule is C[C@H]1Cc2cc(Br)ccc2N1C(=O)COc1ccc(S(=O)(=O)N(C)C)cc1. The van der Waals surface area contributed by atoms with Crippen molar-refractivity contribution in [2.45, 2.75) is 24.3 Å². The predicted octanol–water partition coefficient (Wildman–Crippen LogP) is 3.06. The molecule has 0 bridgehead atoms. The molecule has 0 N–H and O–H groups in total. The normalized spacial score (nSPS) is 16.5. The topological polar surface area (TPSA) is 66.9 Å². The van der Waals surface area contributed by atoms with Gasteiger partial charge in [0.1, 0.15) is 5.75 Å². The summed E-state index contributed by atoms with van der Waals surface area (Å²) in [7, 11) is -0.527. The molecule has 6 nitrogen and oxygen atoms in total. The average Bonchev–Trinajstić information content (AvgIpc) is 2.94. The van der Waals surface area contributed by atoms with Crippen molar-refractivity contribution >= 4 is 37.5 Å². The molecule has 0 saturated carbocycles. The lowest BCUT2D eigenvalue weighted by molar-refractivity contribution is -0.120. The summed E-state index contributed by atoms with van der Waals surface area (Å²) in [6, 6.07) is 12.0. The summed E-state index contributed by atoms with van der Waals surface area (Å²) in [6.07, 6.45) is 0.803. The molecule has 2 aromatic rings. The Kier molecular flexibility index (Phi) is 5.60. The second-order valence-electron chi connectivity index (χ2n) is 6.64. The van der Waals surface area contributed by atoms with Gasteiger partial charge in [-0.05, 0) is 61.4 Å². The fourth-order valence-electron chi connectivity index (χ4n) is 3.11. The molecule has 2 aromatic carbocycles. The van der Waals surface area contributed by atoms with Crippen LogP contribution in [0.1, 0.15) is 12.5 Å². The summed E-state index contributed by atoms with van der Waals surface area (Å²) in [5.74, 6) is 0.317. The van der Waals surface area contributed by atoms with E-state index in [1.807, 2.05) is 25.1 Å². The quantitative estimate of drug-likeness (QED) is 0.698. The molecule has 0 unspecified atom stereocenters. The van der Waals surface area contributed by atoms with E-state index in [-0.39, 0.29) is 23.5 Å². The molecule has 1 atom stereocenters. The van der Waals surface area contributed by atoms with Crippen LogP contribution in [0.4, 0.5) is 5.69 Å². The molecular formula is C19H21BrN2O4S. The van der Waals surface area contributed by atoms with E-state index in [9.17, 15) is 13.2 Å². The number of nitrogens with zero attached hydrogens (tertiary/aromatic N) is 2. The first-order valence-electron chi connectivity index (χ1n) is 8.46. The molecule has 0 fully saturated rings. The van der Waals surface area contributed by atoms with E-state index in [1.54, 1.807) is 17.0 Å². The van der Waals surface area contributed by atoms with Crippen molar-refractivity contribution in [3.05, 3.63) is 52.5 Å². The third-order valence-electron chi connectivity index (χ3n) is 4.49. The van der Waals surface area contributed by atoms with Gasteiger partial charge in [0.2, 0.25) is 10.0 Å². The molecule has 3 rings (SSSR count). The van der Waals surface area contributed by atoms with Crippen LogP contribution in [-0.4, -0.2) is 45.4 Å². The van der Waals surface area contributed by atoms with Gasteiger partial charge in [0.25, 0.3) is 5.91 Å². The molecule has 1 heterocycles. The van der Waals surface area contributed by atoms with E-state index in [4.69, 9.17) is 4.74 Å². The van der Waals surface area contributed by atoms with Crippen molar-refractivity contribution in [1.82, 2.24) is 4.31 Å². The highest BCUT2D eigenvalue weighted by atomic mass is 79.9. The number of anilines is 1. The Hall–Kier alpha value is -1.90. The molecule has 1 aliphatic heterocycles. The van der Waals surface area contributed by atoms with Gasteiger partial charge in [0.05, 0.1) is 4.90 Å². The summed E-state index contributed by atoms with van der Waals surface area (Å²) in [6.45, 7) is 1.90. The minimum Gasteiger partial charge on any atom is -0.484 e. The minimum atomic E-state index is -3.48. The lowest BCUT2D eigenvalue weighted by Gasteiger charge is -2.22. The molecule has 0 spiro atoms. The van der Waals surface area contributed by atoms with Crippen LogP contribution < -0.4 is 9.64 Å². The number of fused-ring (bicyclic) bond motifs is 1. The number of rotatable bonds is 5. The van der Waals surface area contributed by atoms with Crippen molar-refractivity contribution in [3.8, 4) is 5.75 Å². The van der Waals surface area contributed by atoms with E-state index >= 15 is 0 Å². The summed E-state index contributed by atoms with van der Waals surface area (Å²) in [5, 5.41) is 0. The molecule has 0 saturated heterocycles. The van der Waals surface area contributed by atoms with Crippen LogP contribution in [0.25, 0.3) is 0 Å². The van der Waals surface area contributed by atoms with Crippen molar-refractivity contribution in [3.63, 3.8) is 0 Å². The number of hydrogen-bond donors (Lipinski definition) is 0. The van der Waals surface area contributed by atoms with E-state index in [2.05, 4.69) is 15.9 Å². The molecule has 144 valence electrons. The van der Waals surface area contributed by atoms with E-state index in [1.165, 1.54) is 26.2 Å². The van der Waals surface area contributed by atoms with Crippen molar-refractivity contribution in [2.24, 2.45) is 0 Å². The number of sulfonamides is 1. The predicted molar refractivity (Wildman–Crippen MR) is 108 cm³/mol. The van der Waals surface area contributed by atoms with E-state index in [0.29, 0.717) is 5.75 Å². The lowest BCUT2D eigenvalue weighted by atomic mass is 10.1. The molecule has 1 aliphatic rings. The molecule has 1 amide bonds. The highest BCUT2D eigenvalue weighted by Gasteiger charge is 2.31. The van der Waals surface area contributed by atoms with Crippen LogP contribution in [0.5, 0.6) is 5.75 Å². The Morgan fingerprint density at radius 1 is 1.22 bits per heavy atom. The number of benzene rings is 2. The summed E-state index contributed by atoms with van der Waals surface area (Å²) in [4.78, 5) is 14.6. The number of ether oxygens (including phenoxy) is 1. The molecule has 8 heteroatoms. The second-order valence-corrected chi connectivity index (χ2v) is 9.70. The number of carbonyl (C=O) groups is 1. The van der Waals surface area contributed by atoms with Crippen molar-refractivity contribution < 1.29 is 17.9 Å². The van der Waals surface area contributed by atoms with Gasteiger partial charge in [-0.25, -0.2) is 12.7 Å². The first-order valence-corrected chi connectivity index (χ1v) is 10.7. The maximum atomic E-state index is 12.7. The van der Waals surface area contributed by atoms with Crippen LogP contribution in [0.15, 0.2) is 51.8 Å². The zero-order chi connectivity index (χ0) is 19.8. The minimum absolute atomic E-state index is 0.0676. The van der Waals surface area contributed by atoms with Crippen LogP contribution in [-0.2, 0) is 21.2 Å². The fourth-order valence-corrected chi connectivity index (χ4v) is 4.42. The van der Waals surface area contributed by atoms with Crippen molar-refractivity contribution in [1.29, 1.82) is 0 Å². The van der Waals surface area contributed by atoms with Crippen LogP contribution in [0.2, 0.25) is 0 Å². The lowest BCUT2D eigenvalue weighted by Crippen LogP contribution is -2.39. The van der Waals surface area contributed by atoms with Crippen LogP contribution in [0.3, 0.4) is 0 Å². The van der Waals surface area contributed by atoms with E-state index in [0.717, 1.165) is 26.4 Å². The van der Waals surface area contributed by atoms with Gasteiger partial charge in [-0.2, -0.15) is 0 Å². The van der Waals surface area contributed by atoms with Gasteiger partial charge in [-0.1, -0.05) is 15.9 Å². The molecule has 0 aliphatic carbocycles. The number of hydrogen-bond acceptors (Lipinski definition) is 4. The first kappa shape index (κ1) is 19.9. The third kappa shape index (κ3) is 4.02. The van der Waals surface area contributed by atoms with Crippen LogP contribution >= 0.6 is 15.9 Å². The van der Waals surface area contributed by atoms with Gasteiger partial charge < -0.3 is 9.64 Å². The van der Waals surface area contributed by atoms with E-state index < -0.39 is 10.0 Å². The number of halogens is 1. The summed E-state index contributed by atoms with van der Waals surface area (Å²) < 4.78 is 31.9. The largest absolute Gasteiger partial charge is 0.484 e. The van der Waals surface area contributed by atoms with Crippen molar-refractivity contribution in [2.75, 3.05) is 25.6 Å². The highest BCUT2D eigenvalue weighted by Crippen LogP contribution is 2.34. The molecule has 27 heavy (non-hydrogen) atoms. The first-order chi connectivity index (χ1) is 12.7. The molecular weight excluding hydrogens is 432 g/mol. The zero-order valence-corrected chi connectivity index (χ0v) is 17.7.